The fraction of sp³-hybridized carbons (Fsp3) is 0.353. The van der Waals surface area contributed by atoms with Gasteiger partial charge in [-0.2, -0.15) is 4.98 Å². The molecule has 26 heavy (non-hydrogen) atoms. The molecule has 0 aliphatic heterocycles. The molecule has 1 aliphatic carbocycles. The van der Waals surface area contributed by atoms with Crippen molar-refractivity contribution in [1.82, 2.24) is 30.2 Å². The molecular weight excluding hydrogens is 330 g/mol. The predicted octanol–water partition coefficient (Wildman–Crippen LogP) is 1.88. The van der Waals surface area contributed by atoms with Gasteiger partial charge in [0.25, 0.3) is 0 Å². The average molecular weight is 351 g/mol. The summed E-state index contributed by atoms with van der Waals surface area (Å²) in [6.07, 6.45) is 7.76. The highest BCUT2D eigenvalue weighted by Crippen LogP contribution is 2.21. The molecule has 0 unspecified atom stereocenters. The van der Waals surface area contributed by atoms with Gasteiger partial charge in [-0.3, -0.25) is 0 Å². The maximum absolute atomic E-state index is 6.20. The van der Waals surface area contributed by atoms with Crippen molar-refractivity contribution < 1.29 is 0 Å². The average Bonchev–Trinajstić information content (AvgIpc) is 3.19. The number of benzene rings is 1. The second-order valence-corrected chi connectivity index (χ2v) is 6.39. The Morgan fingerprint density at radius 1 is 1.15 bits per heavy atom. The molecule has 2 heterocycles. The normalized spacial score (nSPS) is 19.9. The van der Waals surface area contributed by atoms with E-state index in [1.54, 1.807) is 17.2 Å². The van der Waals surface area contributed by atoms with Crippen molar-refractivity contribution >= 4 is 17.5 Å². The number of hydrogen-bond acceptors (Lipinski definition) is 8. The van der Waals surface area contributed by atoms with Gasteiger partial charge in [0.2, 0.25) is 5.95 Å². The Bertz CT molecular complexity index is 849. The van der Waals surface area contributed by atoms with Gasteiger partial charge in [0, 0.05) is 24.0 Å². The lowest BCUT2D eigenvalue weighted by molar-refractivity contribution is 0.402. The van der Waals surface area contributed by atoms with E-state index in [4.69, 9.17) is 5.73 Å². The van der Waals surface area contributed by atoms with Gasteiger partial charge in [0.1, 0.15) is 12.1 Å². The molecular formula is C17H21N9. The van der Waals surface area contributed by atoms with Crippen LogP contribution >= 0.6 is 0 Å². The van der Waals surface area contributed by atoms with Crippen LogP contribution in [0.4, 0.5) is 17.5 Å². The van der Waals surface area contributed by atoms with Gasteiger partial charge in [0.05, 0.1) is 5.69 Å². The van der Waals surface area contributed by atoms with E-state index in [1.165, 1.54) is 12.8 Å². The summed E-state index contributed by atoms with van der Waals surface area (Å²) in [7, 11) is 0. The number of rotatable bonds is 5. The third-order valence-electron chi connectivity index (χ3n) is 4.52. The van der Waals surface area contributed by atoms with Crippen LogP contribution in [0.25, 0.3) is 5.69 Å². The van der Waals surface area contributed by atoms with Crippen LogP contribution in [-0.2, 0) is 0 Å². The van der Waals surface area contributed by atoms with Crippen LogP contribution in [0.2, 0.25) is 0 Å². The van der Waals surface area contributed by atoms with Crippen LogP contribution in [0, 0.1) is 0 Å². The van der Waals surface area contributed by atoms with Crippen molar-refractivity contribution in [2.75, 3.05) is 10.6 Å². The minimum Gasteiger partial charge on any atom is -0.350 e. The molecule has 0 saturated heterocycles. The highest BCUT2D eigenvalue weighted by molar-refractivity contribution is 5.59. The first-order chi connectivity index (χ1) is 12.8. The van der Waals surface area contributed by atoms with Crippen molar-refractivity contribution in [3.63, 3.8) is 0 Å². The highest BCUT2D eigenvalue weighted by atomic mass is 15.5. The summed E-state index contributed by atoms with van der Waals surface area (Å²) in [5.41, 5.74) is 7.95. The standard InChI is InChI=1S/C17H21N9/c18-14-6-1-2-7-15(14)22-17-19-9-8-16(23-17)21-12-4-3-5-13(10-12)26-11-20-24-25-26/h3-5,8-11,14-15H,1-2,6-7,18H2,(H2,19,21,22,23)/t14-,15+/m0/s1. The maximum atomic E-state index is 6.20. The van der Waals surface area contributed by atoms with Gasteiger partial charge >= 0.3 is 0 Å². The fourth-order valence-electron chi connectivity index (χ4n) is 3.16. The zero-order valence-electron chi connectivity index (χ0n) is 14.3. The van der Waals surface area contributed by atoms with E-state index in [0.717, 1.165) is 24.2 Å². The fourth-order valence-corrected chi connectivity index (χ4v) is 3.16. The van der Waals surface area contributed by atoms with E-state index >= 15 is 0 Å². The summed E-state index contributed by atoms with van der Waals surface area (Å²) in [4.78, 5) is 8.87. The van der Waals surface area contributed by atoms with E-state index in [0.29, 0.717) is 11.8 Å². The van der Waals surface area contributed by atoms with Crippen LogP contribution in [0.3, 0.4) is 0 Å². The van der Waals surface area contributed by atoms with Crippen molar-refractivity contribution in [2.24, 2.45) is 5.73 Å². The second kappa shape index (κ2) is 7.44. The Kier molecular flexibility index (Phi) is 4.69. The molecule has 134 valence electrons. The predicted molar refractivity (Wildman–Crippen MR) is 98.3 cm³/mol. The number of hydrogen-bond donors (Lipinski definition) is 3. The Hall–Kier alpha value is -3.07. The SMILES string of the molecule is N[C@H]1CCCC[C@H]1Nc1nccc(Nc2cccc(-n3cnnn3)c2)n1. The molecule has 4 rings (SSSR count). The minimum atomic E-state index is 0.150. The van der Waals surface area contributed by atoms with Crippen LogP contribution < -0.4 is 16.4 Å². The number of nitrogens with two attached hydrogens (primary N) is 1. The zero-order valence-corrected chi connectivity index (χ0v) is 14.3. The van der Waals surface area contributed by atoms with Gasteiger partial charge in [0.15, 0.2) is 0 Å². The number of aromatic nitrogens is 6. The van der Waals surface area contributed by atoms with Crippen molar-refractivity contribution in [2.45, 2.75) is 37.8 Å². The first-order valence-electron chi connectivity index (χ1n) is 8.73. The number of nitrogens with one attached hydrogen (secondary N) is 2. The lowest BCUT2D eigenvalue weighted by atomic mass is 9.91. The quantitative estimate of drug-likeness (QED) is 0.637. The molecule has 0 radical (unpaired) electrons. The Morgan fingerprint density at radius 3 is 2.92 bits per heavy atom. The van der Waals surface area contributed by atoms with Crippen molar-refractivity contribution in [3.05, 3.63) is 42.9 Å². The van der Waals surface area contributed by atoms with Gasteiger partial charge in [-0.15, -0.1) is 5.10 Å². The summed E-state index contributed by atoms with van der Waals surface area (Å²) in [6, 6.07) is 9.97. The van der Waals surface area contributed by atoms with Gasteiger partial charge < -0.3 is 16.4 Å². The topological polar surface area (TPSA) is 119 Å². The third kappa shape index (κ3) is 3.77. The molecule has 1 fully saturated rings. The number of tetrazole rings is 1. The van der Waals surface area contributed by atoms with Crippen LogP contribution in [0.1, 0.15) is 25.7 Å². The molecule has 1 saturated carbocycles. The van der Waals surface area contributed by atoms with Crippen LogP contribution in [-0.4, -0.2) is 42.3 Å². The summed E-state index contributed by atoms with van der Waals surface area (Å²) in [6.45, 7) is 0. The second-order valence-electron chi connectivity index (χ2n) is 6.39. The summed E-state index contributed by atoms with van der Waals surface area (Å²) >= 11 is 0. The maximum Gasteiger partial charge on any atom is 0.224 e. The minimum absolute atomic E-state index is 0.150. The van der Waals surface area contributed by atoms with E-state index in [-0.39, 0.29) is 12.1 Å². The molecule has 9 nitrogen and oxygen atoms in total. The molecule has 0 amide bonds. The third-order valence-corrected chi connectivity index (χ3v) is 4.52. The van der Waals surface area contributed by atoms with Gasteiger partial charge in [-0.1, -0.05) is 18.9 Å². The molecule has 3 aromatic rings. The molecule has 1 aromatic carbocycles. The summed E-state index contributed by atoms with van der Waals surface area (Å²) in [5, 5.41) is 17.9. The largest absolute Gasteiger partial charge is 0.350 e. The lowest BCUT2D eigenvalue weighted by Gasteiger charge is -2.29. The first kappa shape index (κ1) is 16.4. The monoisotopic (exact) mass is 351 g/mol. The highest BCUT2D eigenvalue weighted by Gasteiger charge is 2.22. The van der Waals surface area contributed by atoms with E-state index < -0.39 is 0 Å². The molecule has 9 heteroatoms. The molecule has 4 N–H and O–H groups in total. The Balaban J connectivity index is 1.48. The van der Waals surface area contributed by atoms with E-state index in [9.17, 15) is 0 Å². The smallest absolute Gasteiger partial charge is 0.224 e. The molecule has 0 spiro atoms. The van der Waals surface area contributed by atoms with Crippen molar-refractivity contribution in [1.29, 1.82) is 0 Å². The summed E-state index contributed by atoms with van der Waals surface area (Å²) in [5.74, 6) is 1.30. The molecule has 0 bridgehead atoms. The van der Waals surface area contributed by atoms with Crippen LogP contribution in [0.5, 0.6) is 0 Å². The lowest BCUT2D eigenvalue weighted by Crippen LogP contribution is -2.42. The Labute approximate surface area is 151 Å². The first-order valence-corrected chi connectivity index (χ1v) is 8.73. The van der Waals surface area contributed by atoms with E-state index in [2.05, 4.69) is 36.1 Å². The zero-order chi connectivity index (χ0) is 17.8. The van der Waals surface area contributed by atoms with Crippen molar-refractivity contribution in [3.8, 4) is 5.69 Å². The van der Waals surface area contributed by atoms with Gasteiger partial charge in [-0.25, -0.2) is 9.67 Å². The summed E-state index contributed by atoms with van der Waals surface area (Å²) < 4.78 is 1.60. The molecule has 2 aromatic heterocycles. The number of anilines is 3. The van der Waals surface area contributed by atoms with E-state index in [1.807, 2.05) is 30.3 Å². The Morgan fingerprint density at radius 2 is 2.08 bits per heavy atom. The molecule has 2 atom stereocenters. The number of nitrogens with zero attached hydrogens (tertiary/aromatic N) is 6. The van der Waals surface area contributed by atoms with Crippen LogP contribution in [0.15, 0.2) is 42.9 Å². The van der Waals surface area contributed by atoms with Gasteiger partial charge in [-0.05, 0) is 47.5 Å². The molecule has 1 aliphatic rings.